The zero-order valence-electron chi connectivity index (χ0n) is 10.1. The lowest BCUT2D eigenvalue weighted by Crippen LogP contribution is -2.23. The third kappa shape index (κ3) is 6.37. The Morgan fingerprint density at radius 1 is 1.00 bits per heavy atom. The van der Waals surface area contributed by atoms with Gasteiger partial charge in [-0.15, -0.1) is 11.6 Å². The van der Waals surface area contributed by atoms with Crippen molar-refractivity contribution in [1.82, 2.24) is 0 Å². The first-order valence-corrected chi connectivity index (χ1v) is 5.76. The van der Waals surface area contributed by atoms with Gasteiger partial charge in [-0.1, -0.05) is 41.5 Å². The van der Waals surface area contributed by atoms with Gasteiger partial charge in [-0.25, -0.2) is 0 Å². The quantitative estimate of drug-likeness (QED) is 0.584. The van der Waals surface area contributed by atoms with E-state index in [-0.39, 0.29) is 0 Å². The van der Waals surface area contributed by atoms with Crippen molar-refractivity contribution in [2.24, 2.45) is 16.7 Å². The zero-order valence-corrected chi connectivity index (χ0v) is 10.8. The summed E-state index contributed by atoms with van der Waals surface area (Å²) in [6, 6.07) is 0. The van der Waals surface area contributed by atoms with Crippen LogP contribution in [0.3, 0.4) is 0 Å². The van der Waals surface area contributed by atoms with E-state index in [9.17, 15) is 0 Å². The smallest absolute Gasteiger partial charge is 0.0256 e. The van der Waals surface area contributed by atoms with Gasteiger partial charge in [0.2, 0.25) is 0 Å². The molecule has 0 aliphatic carbocycles. The summed E-state index contributed by atoms with van der Waals surface area (Å²) in [6.07, 6.45) is 2.51. The molecule has 1 unspecified atom stereocenters. The van der Waals surface area contributed by atoms with E-state index in [1.807, 2.05) is 0 Å². The van der Waals surface area contributed by atoms with E-state index in [1.54, 1.807) is 0 Å². The first-order valence-electron chi connectivity index (χ1n) is 5.23. The minimum Gasteiger partial charge on any atom is -0.126 e. The van der Waals surface area contributed by atoms with Crippen LogP contribution in [0.25, 0.3) is 0 Å². The Hall–Kier alpha value is 0.290. The van der Waals surface area contributed by atoms with Gasteiger partial charge in [0.25, 0.3) is 0 Å². The predicted octanol–water partition coefficient (Wildman–Crippen LogP) is 4.71. The summed E-state index contributed by atoms with van der Waals surface area (Å²) in [5.41, 5.74) is 0.794. The number of hydrogen-bond donors (Lipinski definition) is 0. The molecule has 0 radical (unpaired) electrons. The maximum atomic E-state index is 5.98. The number of alkyl halides is 1. The van der Waals surface area contributed by atoms with Crippen LogP contribution in [0.5, 0.6) is 0 Å². The fourth-order valence-electron chi connectivity index (χ4n) is 1.35. The molecule has 0 nitrogen and oxygen atoms in total. The lowest BCUT2D eigenvalue weighted by Gasteiger charge is -2.31. The Morgan fingerprint density at radius 3 is 1.69 bits per heavy atom. The number of rotatable bonds is 3. The molecule has 0 amide bonds. The Bertz CT molecular complexity index is 136. The van der Waals surface area contributed by atoms with Crippen molar-refractivity contribution < 1.29 is 0 Å². The second-order valence-corrected chi connectivity index (χ2v) is 6.63. The molecule has 0 rings (SSSR count). The van der Waals surface area contributed by atoms with Crippen molar-refractivity contribution in [1.29, 1.82) is 0 Å². The lowest BCUT2D eigenvalue weighted by molar-refractivity contribution is 0.216. The minimum atomic E-state index is 0.354. The second kappa shape index (κ2) is 4.68. The van der Waals surface area contributed by atoms with E-state index in [4.69, 9.17) is 11.6 Å². The summed E-state index contributed by atoms with van der Waals surface area (Å²) < 4.78 is 0. The van der Waals surface area contributed by atoms with E-state index in [2.05, 4.69) is 41.5 Å². The van der Waals surface area contributed by atoms with Gasteiger partial charge in [-0.2, -0.15) is 0 Å². The fourth-order valence-corrected chi connectivity index (χ4v) is 1.97. The fraction of sp³-hybridized carbons (Fsp3) is 1.00. The highest BCUT2D eigenvalue weighted by Gasteiger charge is 2.25. The highest BCUT2D eigenvalue weighted by Crippen LogP contribution is 2.34. The van der Waals surface area contributed by atoms with Gasteiger partial charge in [0, 0.05) is 5.88 Å². The summed E-state index contributed by atoms with van der Waals surface area (Å²) in [7, 11) is 0. The van der Waals surface area contributed by atoms with Crippen molar-refractivity contribution in [2.45, 2.75) is 54.4 Å². The van der Waals surface area contributed by atoms with Gasteiger partial charge in [0.05, 0.1) is 0 Å². The van der Waals surface area contributed by atoms with Crippen molar-refractivity contribution >= 4 is 11.6 Å². The molecule has 0 fully saturated rings. The summed E-state index contributed by atoms with van der Waals surface area (Å²) in [5.74, 6) is 1.44. The van der Waals surface area contributed by atoms with E-state index in [0.29, 0.717) is 16.7 Å². The molecule has 0 aliphatic heterocycles. The van der Waals surface area contributed by atoms with Crippen LogP contribution in [0.15, 0.2) is 0 Å². The highest BCUT2D eigenvalue weighted by molar-refractivity contribution is 6.18. The molecule has 13 heavy (non-hydrogen) atoms. The maximum Gasteiger partial charge on any atom is 0.0256 e. The van der Waals surface area contributed by atoms with E-state index in [1.165, 1.54) is 12.8 Å². The SMILES string of the molecule is CC(C)(C)CCC(CCl)C(C)(C)C. The molecule has 0 aliphatic rings. The largest absolute Gasteiger partial charge is 0.126 e. The van der Waals surface area contributed by atoms with Crippen LogP contribution in [-0.2, 0) is 0 Å². The molecule has 0 heterocycles. The molecule has 0 aromatic rings. The van der Waals surface area contributed by atoms with Gasteiger partial charge in [-0.3, -0.25) is 0 Å². The average molecular weight is 205 g/mol. The Balaban J connectivity index is 4.02. The Labute approximate surface area is 89.1 Å². The van der Waals surface area contributed by atoms with E-state index < -0.39 is 0 Å². The Morgan fingerprint density at radius 2 is 1.46 bits per heavy atom. The maximum absolute atomic E-state index is 5.98. The monoisotopic (exact) mass is 204 g/mol. The van der Waals surface area contributed by atoms with Crippen molar-refractivity contribution in [3.8, 4) is 0 Å². The van der Waals surface area contributed by atoms with Crippen LogP contribution in [0.1, 0.15) is 54.4 Å². The van der Waals surface area contributed by atoms with Crippen LogP contribution in [0.4, 0.5) is 0 Å². The third-order valence-electron chi connectivity index (χ3n) is 2.65. The molecule has 0 saturated heterocycles. The summed E-state index contributed by atoms with van der Waals surface area (Å²) >= 11 is 5.98. The zero-order chi connectivity index (χ0) is 10.7. The van der Waals surface area contributed by atoms with Crippen LogP contribution < -0.4 is 0 Å². The molecular weight excluding hydrogens is 180 g/mol. The molecule has 1 heteroatoms. The molecule has 80 valence electrons. The normalized spacial score (nSPS) is 15.9. The molecule has 0 spiro atoms. The van der Waals surface area contributed by atoms with Gasteiger partial charge < -0.3 is 0 Å². The molecular formula is C12H25Cl. The molecule has 0 N–H and O–H groups in total. The van der Waals surface area contributed by atoms with E-state index in [0.717, 1.165) is 5.88 Å². The molecule has 0 bridgehead atoms. The molecule has 1 atom stereocenters. The summed E-state index contributed by atoms with van der Waals surface area (Å²) in [4.78, 5) is 0. The first-order chi connectivity index (χ1) is 5.67. The van der Waals surface area contributed by atoms with Gasteiger partial charge in [0.15, 0.2) is 0 Å². The average Bonchev–Trinajstić information content (AvgIpc) is 1.82. The topological polar surface area (TPSA) is 0 Å². The lowest BCUT2D eigenvalue weighted by atomic mass is 9.76. The number of hydrogen-bond acceptors (Lipinski definition) is 0. The summed E-state index contributed by atoms with van der Waals surface area (Å²) in [6.45, 7) is 13.7. The Kier molecular flexibility index (Phi) is 4.79. The molecule has 0 saturated carbocycles. The van der Waals surface area contributed by atoms with E-state index >= 15 is 0 Å². The van der Waals surface area contributed by atoms with Crippen LogP contribution in [0.2, 0.25) is 0 Å². The predicted molar refractivity (Wildman–Crippen MR) is 62.4 cm³/mol. The second-order valence-electron chi connectivity index (χ2n) is 6.32. The number of halogens is 1. The van der Waals surface area contributed by atoms with Crippen molar-refractivity contribution in [3.05, 3.63) is 0 Å². The minimum absolute atomic E-state index is 0.354. The van der Waals surface area contributed by atoms with Crippen molar-refractivity contribution in [3.63, 3.8) is 0 Å². The van der Waals surface area contributed by atoms with Gasteiger partial charge >= 0.3 is 0 Å². The highest BCUT2D eigenvalue weighted by atomic mass is 35.5. The summed E-state index contributed by atoms with van der Waals surface area (Å²) in [5, 5.41) is 0. The first kappa shape index (κ1) is 13.3. The van der Waals surface area contributed by atoms with Gasteiger partial charge in [0.1, 0.15) is 0 Å². The van der Waals surface area contributed by atoms with Crippen LogP contribution >= 0.6 is 11.6 Å². The third-order valence-corrected chi connectivity index (χ3v) is 3.03. The molecule has 0 aromatic carbocycles. The molecule has 0 aromatic heterocycles. The van der Waals surface area contributed by atoms with Crippen molar-refractivity contribution in [2.75, 3.05) is 5.88 Å². The van der Waals surface area contributed by atoms with Gasteiger partial charge in [-0.05, 0) is 29.6 Å². The van der Waals surface area contributed by atoms with Crippen LogP contribution in [-0.4, -0.2) is 5.88 Å². The van der Waals surface area contributed by atoms with Crippen LogP contribution in [0, 0.1) is 16.7 Å². The standard InChI is InChI=1S/C12H25Cl/c1-11(2,3)8-7-10(9-13)12(4,5)6/h10H,7-9H2,1-6H3.